The fraction of sp³-hybridized carbons (Fsp3) is 0.938. The molecule has 3 heteroatoms. The zero-order chi connectivity index (χ0) is 15.1. The number of carbonyl (C=O) groups is 1. The standard InChI is InChI=1S/C16H32N2O/c1-12(14(2,3)4)18(11-19)13-9-15(5,6)17-16(7,8)10-13/h11-13,17H,9-10H2,1-8H3. The van der Waals surface area contributed by atoms with Crippen LogP contribution in [0.15, 0.2) is 0 Å². The molecule has 1 amide bonds. The largest absolute Gasteiger partial charge is 0.339 e. The van der Waals surface area contributed by atoms with E-state index in [0.29, 0.717) is 6.04 Å². The minimum absolute atomic E-state index is 0.0747. The van der Waals surface area contributed by atoms with E-state index in [1.54, 1.807) is 0 Å². The zero-order valence-corrected chi connectivity index (χ0v) is 14.0. The maximum atomic E-state index is 11.6. The Hall–Kier alpha value is -0.570. The normalized spacial score (nSPS) is 24.8. The van der Waals surface area contributed by atoms with Gasteiger partial charge in [0.05, 0.1) is 0 Å². The number of hydrogen-bond acceptors (Lipinski definition) is 2. The van der Waals surface area contributed by atoms with E-state index in [2.05, 4.69) is 60.7 Å². The second-order valence-electron chi connectivity index (χ2n) is 8.55. The van der Waals surface area contributed by atoms with E-state index in [1.807, 2.05) is 4.90 Å². The third kappa shape index (κ3) is 4.20. The van der Waals surface area contributed by atoms with Crippen LogP contribution in [-0.4, -0.2) is 34.5 Å². The summed E-state index contributed by atoms with van der Waals surface area (Å²) in [6.07, 6.45) is 3.07. The van der Waals surface area contributed by atoms with Gasteiger partial charge in [0.2, 0.25) is 6.41 Å². The lowest BCUT2D eigenvalue weighted by Gasteiger charge is -2.51. The molecule has 0 bridgehead atoms. The van der Waals surface area contributed by atoms with Crippen LogP contribution in [0.1, 0.15) is 68.2 Å². The topological polar surface area (TPSA) is 32.3 Å². The Morgan fingerprint density at radius 2 is 1.58 bits per heavy atom. The Labute approximate surface area is 119 Å². The molecule has 0 aliphatic carbocycles. The monoisotopic (exact) mass is 268 g/mol. The highest BCUT2D eigenvalue weighted by Crippen LogP contribution is 2.34. The van der Waals surface area contributed by atoms with Gasteiger partial charge in [0.1, 0.15) is 0 Å². The first-order chi connectivity index (χ1) is 8.38. The van der Waals surface area contributed by atoms with Gasteiger partial charge in [0, 0.05) is 23.2 Å². The number of amides is 1. The highest BCUT2D eigenvalue weighted by Gasteiger charge is 2.42. The summed E-state index contributed by atoms with van der Waals surface area (Å²) in [5.41, 5.74) is 0.261. The number of rotatable bonds is 3. The van der Waals surface area contributed by atoms with Gasteiger partial charge in [-0.3, -0.25) is 4.79 Å². The third-order valence-corrected chi connectivity index (χ3v) is 4.41. The average molecular weight is 268 g/mol. The first-order valence-electron chi connectivity index (χ1n) is 7.40. The lowest BCUT2D eigenvalue weighted by molar-refractivity contribution is -0.127. The van der Waals surface area contributed by atoms with E-state index in [0.717, 1.165) is 19.3 Å². The molecule has 1 aliphatic rings. The molecular formula is C16H32N2O. The van der Waals surface area contributed by atoms with Crippen LogP contribution in [0.2, 0.25) is 0 Å². The van der Waals surface area contributed by atoms with Crippen molar-refractivity contribution in [1.29, 1.82) is 0 Å². The lowest BCUT2D eigenvalue weighted by Crippen LogP contribution is -2.63. The van der Waals surface area contributed by atoms with Gasteiger partial charge in [-0.1, -0.05) is 20.8 Å². The van der Waals surface area contributed by atoms with E-state index in [4.69, 9.17) is 0 Å². The molecule has 1 aliphatic heterocycles. The smallest absolute Gasteiger partial charge is 0.210 e. The van der Waals surface area contributed by atoms with Gasteiger partial charge in [0.25, 0.3) is 0 Å². The minimum atomic E-state index is 0.0747. The van der Waals surface area contributed by atoms with Crippen molar-refractivity contribution in [2.45, 2.75) is 91.4 Å². The number of piperidine rings is 1. The summed E-state index contributed by atoms with van der Waals surface area (Å²) < 4.78 is 0. The summed E-state index contributed by atoms with van der Waals surface area (Å²) >= 11 is 0. The molecule has 112 valence electrons. The van der Waals surface area contributed by atoms with Gasteiger partial charge in [-0.05, 0) is 52.9 Å². The van der Waals surface area contributed by atoms with Crippen molar-refractivity contribution in [1.82, 2.24) is 10.2 Å². The summed E-state index contributed by atoms with van der Waals surface area (Å²) in [5.74, 6) is 0. The minimum Gasteiger partial charge on any atom is -0.339 e. The van der Waals surface area contributed by atoms with E-state index >= 15 is 0 Å². The fourth-order valence-corrected chi connectivity index (χ4v) is 3.42. The van der Waals surface area contributed by atoms with Crippen LogP contribution >= 0.6 is 0 Å². The van der Waals surface area contributed by atoms with Crippen molar-refractivity contribution in [3.63, 3.8) is 0 Å². The SMILES string of the molecule is CC(N(C=O)C1CC(C)(C)NC(C)(C)C1)C(C)(C)C. The molecule has 0 aromatic rings. The summed E-state index contributed by atoms with van der Waals surface area (Å²) in [6.45, 7) is 17.7. The average Bonchev–Trinajstić information content (AvgIpc) is 2.11. The molecule has 1 atom stereocenters. The molecule has 1 unspecified atom stereocenters. The molecule has 0 aromatic carbocycles. The Morgan fingerprint density at radius 1 is 1.16 bits per heavy atom. The maximum Gasteiger partial charge on any atom is 0.210 e. The summed E-state index contributed by atoms with van der Waals surface area (Å²) in [4.78, 5) is 13.7. The van der Waals surface area contributed by atoms with E-state index in [-0.39, 0.29) is 22.5 Å². The van der Waals surface area contributed by atoms with Crippen molar-refractivity contribution in [2.75, 3.05) is 0 Å². The lowest BCUT2D eigenvalue weighted by atomic mass is 9.77. The quantitative estimate of drug-likeness (QED) is 0.797. The second-order valence-corrected chi connectivity index (χ2v) is 8.55. The van der Waals surface area contributed by atoms with Gasteiger partial charge in [-0.25, -0.2) is 0 Å². The summed E-state index contributed by atoms with van der Waals surface area (Å²) in [5, 5.41) is 3.68. The number of carbonyl (C=O) groups excluding carboxylic acids is 1. The molecular weight excluding hydrogens is 236 g/mol. The van der Waals surface area contributed by atoms with Gasteiger partial charge in [0.15, 0.2) is 0 Å². The molecule has 1 N–H and O–H groups in total. The van der Waals surface area contributed by atoms with Crippen LogP contribution in [0.4, 0.5) is 0 Å². The van der Waals surface area contributed by atoms with E-state index in [1.165, 1.54) is 0 Å². The van der Waals surface area contributed by atoms with Crippen molar-refractivity contribution in [3.8, 4) is 0 Å². The Kier molecular flexibility index (Phi) is 4.41. The van der Waals surface area contributed by atoms with Crippen LogP contribution in [0.3, 0.4) is 0 Å². The Bertz CT molecular complexity index is 312. The van der Waals surface area contributed by atoms with Crippen LogP contribution < -0.4 is 5.32 Å². The summed E-state index contributed by atoms with van der Waals surface area (Å²) in [6, 6.07) is 0.567. The molecule has 3 nitrogen and oxygen atoms in total. The highest BCUT2D eigenvalue weighted by atomic mass is 16.1. The van der Waals surface area contributed by atoms with Crippen molar-refractivity contribution >= 4 is 6.41 Å². The Morgan fingerprint density at radius 3 is 1.89 bits per heavy atom. The van der Waals surface area contributed by atoms with Crippen molar-refractivity contribution < 1.29 is 4.79 Å². The maximum absolute atomic E-state index is 11.6. The predicted molar refractivity (Wildman–Crippen MR) is 81.1 cm³/mol. The third-order valence-electron chi connectivity index (χ3n) is 4.41. The van der Waals surface area contributed by atoms with Crippen molar-refractivity contribution in [2.24, 2.45) is 5.41 Å². The second kappa shape index (κ2) is 5.08. The molecule has 0 spiro atoms. The molecule has 1 fully saturated rings. The van der Waals surface area contributed by atoms with E-state index in [9.17, 15) is 4.79 Å². The highest BCUT2D eigenvalue weighted by molar-refractivity contribution is 5.49. The number of hydrogen-bond donors (Lipinski definition) is 1. The first-order valence-corrected chi connectivity index (χ1v) is 7.40. The van der Waals surface area contributed by atoms with Crippen molar-refractivity contribution in [3.05, 3.63) is 0 Å². The molecule has 1 rings (SSSR count). The van der Waals surface area contributed by atoms with Gasteiger partial charge < -0.3 is 10.2 Å². The Balaban J connectivity index is 2.95. The van der Waals surface area contributed by atoms with Gasteiger partial charge in [-0.15, -0.1) is 0 Å². The van der Waals surface area contributed by atoms with E-state index < -0.39 is 0 Å². The van der Waals surface area contributed by atoms with Crippen LogP contribution in [0.25, 0.3) is 0 Å². The summed E-state index contributed by atoms with van der Waals surface area (Å²) in [7, 11) is 0. The predicted octanol–water partition coefficient (Wildman–Crippen LogP) is 3.19. The number of nitrogens with zero attached hydrogens (tertiary/aromatic N) is 1. The van der Waals surface area contributed by atoms with Crippen LogP contribution in [0, 0.1) is 5.41 Å². The van der Waals surface area contributed by atoms with Gasteiger partial charge >= 0.3 is 0 Å². The van der Waals surface area contributed by atoms with Gasteiger partial charge in [-0.2, -0.15) is 0 Å². The van der Waals surface area contributed by atoms with Crippen LogP contribution in [0.5, 0.6) is 0 Å². The fourth-order valence-electron chi connectivity index (χ4n) is 3.42. The molecule has 1 heterocycles. The molecule has 0 aromatic heterocycles. The zero-order valence-electron chi connectivity index (χ0n) is 14.0. The number of nitrogens with one attached hydrogen (secondary N) is 1. The first kappa shape index (κ1) is 16.5. The molecule has 19 heavy (non-hydrogen) atoms. The molecule has 0 radical (unpaired) electrons. The van der Waals surface area contributed by atoms with Crippen LogP contribution in [-0.2, 0) is 4.79 Å². The molecule has 0 saturated carbocycles. The molecule has 1 saturated heterocycles.